The number of esters is 1. The van der Waals surface area contributed by atoms with E-state index in [0.717, 1.165) is 18.8 Å². The normalized spacial score (nSPS) is 10.7. The summed E-state index contributed by atoms with van der Waals surface area (Å²) in [4.78, 5) is 15.8. The van der Waals surface area contributed by atoms with Gasteiger partial charge in [0.1, 0.15) is 5.56 Å². The van der Waals surface area contributed by atoms with Crippen LogP contribution in [0.5, 0.6) is 0 Å². The molecule has 2 aromatic rings. The Morgan fingerprint density at radius 1 is 1.50 bits per heavy atom. The molecule has 0 bridgehead atoms. The summed E-state index contributed by atoms with van der Waals surface area (Å²) in [7, 11) is 1.82. The molecule has 0 aliphatic carbocycles. The minimum Gasteiger partial charge on any atom is -0.462 e. The SMILES string of the molecule is CCOC(=O)c1cnn(C)c1CNCCn1ccnc1. The maximum atomic E-state index is 11.8. The molecule has 0 atom stereocenters. The Morgan fingerprint density at radius 2 is 2.35 bits per heavy atom. The zero-order chi connectivity index (χ0) is 14.4. The van der Waals surface area contributed by atoms with Gasteiger partial charge in [-0.25, -0.2) is 9.78 Å². The predicted molar refractivity (Wildman–Crippen MR) is 73.1 cm³/mol. The highest BCUT2D eigenvalue weighted by Crippen LogP contribution is 2.09. The van der Waals surface area contributed by atoms with Gasteiger partial charge in [-0.05, 0) is 6.92 Å². The average Bonchev–Trinajstić information content (AvgIpc) is 3.05. The van der Waals surface area contributed by atoms with Gasteiger partial charge in [0.25, 0.3) is 0 Å². The number of ether oxygens (including phenoxy) is 1. The van der Waals surface area contributed by atoms with Crippen molar-refractivity contribution in [3.8, 4) is 0 Å². The number of nitrogens with one attached hydrogen (secondary N) is 1. The topological polar surface area (TPSA) is 74.0 Å². The fourth-order valence-corrected chi connectivity index (χ4v) is 1.89. The highest BCUT2D eigenvalue weighted by Gasteiger charge is 2.16. The van der Waals surface area contributed by atoms with Gasteiger partial charge in [0, 0.05) is 39.1 Å². The van der Waals surface area contributed by atoms with Crippen LogP contribution < -0.4 is 5.32 Å². The maximum Gasteiger partial charge on any atom is 0.341 e. The molecule has 20 heavy (non-hydrogen) atoms. The van der Waals surface area contributed by atoms with Crippen molar-refractivity contribution in [2.24, 2.45) is 7.05 Å². The third kappa shape index (κ3) is 3.45. The summed E-state index contributed by atoms with van der Waals surface area (Å²) in [5.41, 5.74) is 1.35. The van der Waals surface area contributed by atoms with Gasteiger partial charge >= 0.3 is 5.97 Å². The Labute approximate surface area is 117 Å². The molecule has 0 aliphatic heterocycles. The molecule has 0 aromatic carbocycles. The molecule has 0 radical (unpaired) electrons. The lowest BCUT2D eigenvalue weighted by Gasteiger charge is -2.08. The molecule has 2 rings (SSSR count). The Morgan fingerprint density at radius 3 is 3.05 bits per heavy atom. The second kappa shape index (κ2) is 6.85. The molecule has 7 nitrogen and oxygen atoms in total. The van der Waals surface area contributed by atoms with Crippen molar-refractivity contribution in [1.82, 2.24) is 24.6 Å². The summed E-state index contributed by atoms with van der Waals surface area (Å²) < 4.78 is 8.69. The first kappa shape index (κ1) is 14.3. The lowest BCUT2D eigenvalue weighted by atomic mass is 10.2. The summed E-state index contributed by atoms with van der Waals surface area (Å²) in [6.07, 6.45) is 6.98. The van der Waals surface area contributed by atoms with Gasteiger partial charge < -0.3 is 14.6 Å². The fourth-order valence-electron chi connectivity index (χ4n) is 1.89. The molecule has 0 spiro atoms. The lowest BCUT2D eigenvalue weighted by molar-refractivity contribution is 0.0524. The van der Waals surface area contributed by atoms with E-state index in [1.807, 2.05) is 17.8 Å². The second-order valence-electron chi connectivity index (χ2n) is 4.33. The van der Waals surface area contributed by atoms with E-state index in [9.17, 15) is 4.79 Å². The van der Waals surface area contributed by atoms with Gasteiger partial charge in [0.15, 0.2) is 0 Å². The highest BCUT2D eigenvalue weighted by atomic mass is 16.5. The van der Waals surface area contributed by atoms with E-state index in [-0.39, 0.29) is 5.97 Å². The molecule has 0 fully saturated rings. The van der Waals surface area contributed by atoms with Crippen LogP contribution in [0.25, 0.3) is 0 Å². The third-order valence-corrected chi connectivity index (χ3v) is 2.96. The summed E-state index contributed by atoms with van der Waals surface area (Å²) in [6, 6.07) is 0. The predicted octanol–water partition coefficient (Wildman–Crippen LogP) is 0.583. The molecule has 2 heterocycles. The van der Waals surface area contributed by atoms with Crippen LogP contribution in [0, 0.1) is 0 Å². The number of rotatable bonds is 7. The van der Waals surface area contributed by atoms with Crippen LogP contribution in [0.3, 0.4) is 0 Å². The molecule has 108 valence electrons. The van der Waals surface area contributed by atoms with E-state index in [1.165, 1.54) is 0 Å². The zero-order valence-corrected chi connectivity index (χ0v) is 11.7. The quantitative estimate of drug-likeness (QED) is 0.592. The van der Waals surface area contributed by atoms with Crippen LogP contribution in [0.4, 0.5) is 0 Å². The van der Waals surface area contributed by atoms with Gasteiger partial charge in [-0.15, -0.1) is 0 Å². The number of carbonyl (C=O) groups is 1. The Kier molecular flexibility index (Phi) is 4.89. The van der Waals surface area contributed by atoms with E-state index in [4.69, 9.17) is 4.74 Å². The van der Waals surface area contributed by atoms with Crippen molar-refractivity contribution < 1.29 is 9.53 Å². The summed E-state index contributed by atoms with van der Waals surface area (Å²) in [5, 5.41) is 7.40. The van der Waals surface area contributed by atoms with Crippen molar-refractivity contribution in [1.29, 1.82) is 0 Å². The number of aromatic nitrogens is 4. The first-order valence-electron chi connectivity index (χ1n) is 6.56. The van der Waals surface area contributed by atoms with Crippen molar-refractivity contribution >= 4 is 5.97 Å². The molecule has 7 heteroatoms. The van der Waals surface area contributed by atoms with E-state index >= 15 is 0 Å². The Hall–Kier alpha value is -2.15. The summed E-state index contributed by atoms with van der Waals surface area (Å²) >= 11 is 0. The molecule has 0 saturated carbocycles. The fraction of sp³-hybridized carbons (Fsp3) is 0.462. The van der Waals surface area contributed by atoms with Gasteiger partial charge in [0.2, 0.25) is 0 Å². The average molecular weight is 277 g/mol. The van der Waals surface area contributed by atoms with Crippen molar-refractivity contribution in [2.45, 2.75) is 20.0 Å². The molecular weight excluding hydrogens is 258 g/mol. The van der Waals surface area contributed by atoms with Crippen LogP contribution in [-0.4, -0.2) is 38.5 Å². The van der Waals surface area contributed by atoms with E-state index < -0.39 is 0 Å². The Balaban J connectivity index is 1.88. The maximum absolute atomic E-state index is 11.8. The van der Waals surface area contributed by atoms with E-state index in [2.05, 4.69) is 15.4 Å². The summed E-state index contributed by atoms with van der Waals surface area (Å²) in [5.74, 6) is -0.327. The van der Waals surface area contributed by atoms with E-state index in [0.29, 0.717) is 18.7 Å². The largest absolute Gasteiger partial charge is 0.462 e. The van der Waals surface area contributed by atoms with Crippen LogP contribution in [0.15, 0.2) is 24.9 Å². The molecular formula is C13H19N5O2. The third-order valence-electron chi connectivity index (χ3n) is 2.96. The van der Waals surface area contributed by atoms with Crippen molar-refractivity contribution in [2.75, 3.05) is 13.2 Å². The van der Waals surface area contributed by atoms with Gasteiger partial charge in [0.05, 0.1) is 24.8 Å². The number of hydrogen-bond acceptors (Lipinski definition) is 5. The molecule has 2 aromatic heterocycles. The van der Waals surface area contributed by atoms with Crippen LogP contribution >= 0.6 is 0 Å². The number of hydrogen-bond donors (Lipinski definition) is 1. The van der Waals surface area contributed by atoms with Gasteiger partial charge in [-0.2, -0.15) is 5.10 Å². The van der Waals surface area contributed by atoms with E-state index in [1.54, 1.807) is 30.3 Å². The lowest BCUT2D eigenvalue weighted by Crippen LogP contribution is -2.22. The first-order chi connectivity index (χ1) is 9.72. The standard InChI is InChI=1S/C13H19N5O2/c1-3-20-13(19)11-8-16-17(2)12(11)9-14-4-6-18-7-5-15-10-18/h5,7-8,10,14H,3-4,6,9H2,1-2H3. The molecule has 1 N–H and O–H groups in total. The molecule has 0 aliphatic rings. The van der Waals surface area contributed by atoms with Crippen LogP contribution in [-0.2, 0) is 24.9 Å². The zero-order valence-electron chi connectivity index (χ0n) is 11.7. The van der Waals surface area contributed by atoms with Crippen molar-refractivity contribution in [3.63, 3.8) is 0 Å². The Bertz CT molecular complexity index is 547. The molecule has 0 saturated heterocycles. The van der Waals surface area contributed by atoms with Gasteiger partial charge in [-0.1, -0.05) is 0 Å². The summed E-state index contributed by atoms with van der Waals surface area (Å²) in [6.45, 7) is 4.33. The molecule has 0 unspecified atom stereocenters. The number of imidazole rings is 1. The minimum absolute atomic E-state index is 0.327. The minimum atomic E-state index is -0.327. The smallest absolute Gasteiger partial charge is 0.341 e. The first-order valence-corrected chi connectivity index (χ1v) is 6.56. The van der Waals surface area contributed by atoms with Crippen molar-refractivity contribution in [3.05, 3.63) is 36.2 Å². The number of nitrogens with zero attached hydrogens (tertiary/aromatic N) is 4. The highest BCUT2D eigenvalue weighted by molar-refractivity contribution is 5.90. The number of aryl methyl sites for hydroxylation is 1. The van der Waals surface area contributed by atoms with Crippen LogP contribution in [0.2, 0.25) is 0 Å². The monoisotopic (exact) mass is 277 g/mol. The molecule has 0 amide bonds. The second-order valence-corrected chi connectivity index (χ2v) is 4.33. The number of carbonyl (C=O) groups excluding carboxylic acids is 1. The van der Waals surface area contributed by atoms with Crippen LogP contribution in [0.1, 0.15) is 23.0 Å². The van der Waals surface area contributed by atoms with Gasteiger partial charge in [-0.3, -0.25) is 4.68 Å².